The van der Waals surface area contributed by atoms with Gasteiger partial charge in [0.15, 0.2) is 5.82 Å². The molecule has 0 radical (unpaired) electrons. The highest BCUT2D eigenvalue weighted by Gasteiger charge is 2.31. The SMILES string of the molecule is NCCCN1CCN(CC(=O)N2c3ccccc3C(=O)Nc3cccnc32)CC1. The van der Waals surface area contributed by atoms with Crippen molar-refractivity contribution in [3.63, 3.8) is 0 Å². The van der Waals surface area contributed by atoms with Gasteiger partial charge in [-0.05, 0) is 43.8 Å². The minimum Gasteiger partial charge on any atom is -0.330 e. The Hall–Kier alpha value is -2.81. The van der Waals surface area contributed by atoms with Gasteiger partial charge in [0, 0.05) is 32.4 Å². The van der Waals surface area contributed by atoms with Crippen molar-refractivity contribution in [3.8, 4) is 0 Å². The second-order valence-corrected chi connectivity index (χ2v) is 7.34. The molecule has 8 heteroatoms. The van der Waals surface area contributed by atoms with Crippen LogP contribution < -0.4 is 16.0 Å². The molecule has 0 atom stereocenters. The molecular weight excluding hydrogens is 368 g/mol. The normalized spacial score (nSPS) is 17.3. The van der Waals surface area contributed by atoms with E-state index in [0.717, 1.165) is 39.1 Å². The summed E-state index contributed by atoms with van der Waals surface area (Å²) in [5.74, 6) is 0.125. The van der Waals surface area contributed by atoms with Crippen molar-refractivity contribution in [1.82, 2.24) is 14.8 Å². The van der Waals surface area contributed by atoms with Crippen molar-refractivity contribution in [1.29, 1.82) is 0 Å². The van der Waals surface area contributed by atoms with Crippen LogP contribution in [-0.2, 0) is 4.79 Å². The zero-order valence-electron chi connectivity index (χ0n) is 16.4. The summed E-state index contributed by atoms with van der Waals surface area (Å²) in [4.78, 5) is 36.5. The van der Waals surface area contributed by atoms with Gasteiger partial charge in [-0.2, -0.15) is 0 Å². The molecular formula is C21H26N6O2. The number of hydrogen-bond donors (Lipinski definition) is 2. The summed E-state index contributed by atoms with van der Waals surface area (Å²) in [7, 11) is 0. The number of pyridine rings is 1. The Morgan fingerprint density at radius 2 is 1.83 bits per heavy atom. The number of hydrogen-bond acceptors (Lipinski definition) is 6. The molecule has 0 spiro atoms. The van der Waals surface area contributed by atoms with Crippen molar-refractivity contribution in [2.45, 2.75) is 6.42 Å². The number of para-hydroxylation sites is 1. The van der Waals surface area contributed by atoms with Crippen LogP contribution in [-0.4, -0.2) is 72.4 Å². The van der Waals surface area contributed by atoms with Gasteiger partial charge >= 0.3 is 0 Å². The quantitative estimate of drug-likeness (QED) is 0.793. The number of nitrogens with two attached hydrogens (primary N) is 1. The number of benzene rings is 1. The summed E-state index contributed by atoms with van der Waals surface area (Å²) >= 11 is 0. The summed E-state index contributed by atoms with van der Waals surface area (Å²) in [5, 5.41) is 2.87. The van der Waals surface area contributed by atoms with Crippen LogP contribution in [0.2, 0.25) is 0 Å². The average Bonchev–Trinajstić information content (AvgIpc) is 2.87. The summed E-state index contributed by atoms with van der Waals surface area (Å²) in [6, 6.07) is 10.7. The number of nitrogens with zero attached hydrogens (tertiary/aromatic N) is 4. The monoisotopic (exact) mass is 394 g/mol. The zero-order chi connectivity index (χ0) is 20.2. The highest BCUT2D eigenvalue weighted by molar-refractivity contribution is 6.17. The van der Waals surface area contributed by atoms with E-state index in [4.69, 9.17) is 5.73 Å². The average molecular weight is 394 g/mol. The van der Waals surface area contributed by atoms with Crippen molar-refractivity contribution >= 4 is 29.0 Å². The van der Waals surface area contributed by atoms with E-state index in [0.29, 0.717) is 29.3 Å². The van der Waals surface area contributed by atoms with Crippen LogP contribution >= 0.6 is 0 Å². The maximum Gasteiger partial charge on any atom is 0.257 e. The van der Waals surface area contributed by atoms with Gasteiger partial charge < -0.3 is 16.0 Å². The first-order chi connectivity index (χ1) is 14.2. The zero-order valence-corrected chi connectivity index (χ0v) is 16.4. The molecule has 3 N–H and O–H groups in total. The molecule has 2 amide bonds. The van der Waals surface area contributed by atoms with E-state index < -0.39 is 0 Å². The highest BCUT2D eigenvalue weighted by atomic mass is 16.2. The highest BCUT2D eigenvalue weighted by Crippen LogP contribution is 2.36. The number of anilines is 3. The fourth-order valence-corrected chi connectivity index (χ4v) is 3.84. The van der Waals surface area contributed by atoms with Crippen LogP contribution in [0.5, 0.6) is 0 Å². The largest absolute Gasteiger partial charge is 0.330 e. The fourth-order valence-electron chi connectivity index (χ4n) is 3.84. The van der Waals surface area contributed by atoms with E-state index in [9.17, 15) is 9.59 Å². The van der Waals surface area contributed by atoms with Crippen molar-refractivity contribution in [2.75, 3.05) is 56.0 Å². The third-order valence-electron chi connectivity index (χ3n) is 5.39. The molecule has 8 nitrogen and oxygen atoms in total. The third-order valence-corrected chi connectivity index (χ3v) is 5.39. The maximum atomic E-state index is 13.4. The molecule has 0 unspecified atom stereocenters. The molecule has 2 aromatic rings. The van der Waals surface area contributed by atoms with E-state index in [-0.39, 0.29) is 18.4 Å². The smallest absolute Gasteiger partial charge is 0.257 e. The van der Waals surface area contributed by atoms with Crippen molar-refractivity contribution < 1.29 is 9.59 Å². The molecule has 1 aromatic carbocycles. The first-order valence-corrected chi connectivity index (χ1v) is 10.0. The Bertz CT molecular complexity index is 894. The van der Waals surface area contributed by atoms with Crippen LogP contribution in [0.3, 0.4) is 0 Å². The standard InChI is InChI=1S/C21H26N6O2/c22-8-4-10-25-11-13-26(14-12-25)15-19(28)27-18-7-2-1-5-16(18)21(29)24-17-6-3-9-23-20(17)27/h1-3,5-7,9H,4,8,10-15,22H2,(H,24,29). The Kier molecular flexibility index (Phi) is 5.84. The molecule has 29 heavy (non-hydrogen) atoms. The number of rotatable bonds is 5. The van der Waals surface area contributed by atoms with E-state index in [1.165, 1.54) is 0 Å². The molecule has 1 fully saturated rings. The number of carbonyl (C=O) groups is 2. The topological polar surface area (TPSA) is 94.8 Å². The Morgan fingerprint density at radius 3 is 2.62 bits per heavy atom. The van der Waals surface area contributed by atoms with Crippen molar-refractivity contribution in [2.24, 2.45) is 5.73 Å². The van der Waals surface area contributed by atoms with Gasteiger partial charge in [0.1, 0.15) is 0 Å². The lowest BCUT2D eigenvalue weighted by atomic mass is 10.1. The van der Waals surface area contributed by atoms with E-state index in [2.05, 4.69) is 20.1 Å². The second-order valence-electron chi connectivity index (χ2n) is 7.34. The molecule has 1 saturated heterocycles. The number of nitrogens with one attached hydrogen (secondary N) is 1. The first-order valence-electron chi connectivity index (χ1n) is 10.0. The molecule has 0 saturated carbocycles. The number of aromatic nitrogens is 1. The number of fused-ring (bicyclic) bond motifs is 2. The van der Waals surface area contributed by atoms with Crippen LogP contribution in [0.4, 0.5) is 17.2 Å². The summed E-state index contributed by atoms with van der Waals surface area (Å²) < 4.78 is 0. The first kappa shape index (κ1) is 19.5. The molecule has 152 valence electrons. The van der Waals surface area contributed by atoms with Crippen LogP contribution in [0, 0.1) is 0 Å². The molecule has 4 rings (SSSR count). The van der Waals surface area contributed by atoms with Gasteiger partial charge in [-0.1, -0.05) is 12.1 Å². The summed E-state index contributed by atoms with van der Waals surface area (Å²) in [6.45, 7) is 5.51. The maximum absolute atomic E-state index is 13.4. The minimum absolute atomic E-state index is 0.0932. The predicted molar refractivity (Wildman–Crippen MR) is 112 cm³/mol. The lowest BCUT2D eigenvalue weighted by Gasteiger charge is -2.35. The number of piperazine rings is 1. The second kappa shape index (κ2) is 8.69. The van der Waals surface area contributed by atoms with E-state index >= 15 is 0 Å². The molecule has 0 aliphatic carbocycles. The van der Waals surface area contributed by atoms with Gasteiger partial charge in [-0.3, -0.25) is 19.4 Å². The van der Waals surface area contributed by atoms with Gasteiger partial charge in [0.25, 0.3) is 5.91 Å². The number of amides is 2. The fraction of sp³-hybridized carbons (Fsp3) is 0.381. The van der Waals surface area contributed by atoms with Crippen molar-refractivity contribution in [3.05, 3.63) is 48.2 Å². The molecule has 3 heterocycles. The molecule has 2 aliphatic rings. The van der Waals surface area contributed by atoms with Gasteiger partial charge in [0.2, 0.25) is 5.91 Å². The van der Waals surface area contributed by atoms with E-state index in [1.807, 2.05) is 6.07 Å². The van der Waals surface area contributed by atoms with Gasteiger partial charge in [-0.25, -0.2) is 4.98 Å². The van der Waals surface area contributed by atoms with Crippen LogP contribution in [0.25, 0.3) is 0 Å². The summed E-state index contributed by atoms with van der Waals surface area (Å²) in [5.41, 5.74) is 7.16. The lowest BCUT2D eigenvalue weighted by Crippen LogP contribution is -2.50. The molecule has 1 aromatic heterocycles. The Morgan fingerprint density at radius 1 is 1.07 bits per heavy atom. The third kappa shape index (κ3) is 4.14. The van der Waals surface area contributed by atoms with Crippen LogP contribution in [0.15, 0.2) is 42.6 Å². The van der Waals surface area contributed by atoms with Gasteiger partial charge in [0.05, 0.1) is 23.5 Å². The molecule has 2 aliphatic heterocycles. The van der Waals surface area contributed by atoms with Gasteiger partial charge in [-0.15, -0.1) is 0 Å². The number of carbonyl (C=O) groups excluding carboxylic acids is 2. The Balaban J connectivity index is 1.55. The minimum atomic E-state index is -0.237. The Labute approximate surface area is 170 Å². The predicted octanol–water partition coefficient (Wildman–Crippen LogP) is 1.28. The lowest BCUT2D eigenvalue weighted by molar-refractivity contribution is -0.119. The molecule has 0 bridgehead atoms. The summed E-state index contributed by atoms with van der Waals surface area (Å²) in [6.07, 6.45) is 2.63. The van der Waals surface area contributed by atoms with Crippen LogP contribution in [0.1, 0.15) is 16.8 Å². The van der Waals surface area contributed by atoms with E-state index in [1.54, 1.807) is 41.4 Å².